The van der Waals surface area contributed by atoms with Crippen molar-refractivity contribution >= 4 is 11.8 Å². The summed E-state index contributed by atoms with van der Waals surface area (Å²) in [4.78, 5) is 18.8. The number of benzene rings is 1. The van der Waals surface area contributed by atoms with E-state index in [1.165, 1.54) is 12.1 Å². The van der Waals surface area contributed by atoms with E-state index in [1.807, 2.05) is 0 Å². The van der Waals surface area contributed by atoms with E-state index >= 15 is 0 Å². The third kappa shape index (κ3) is 4.83. The first kappa shape index (κ1) is 16.5. The van der Waals surface area contributed by atoms with Gasteiger partial charge in [0.05, 0.1) is 5.69 Å². The first-order chi connectivity index (χ1) is 10.7. The van der Waals surface area contributed by atoms with Crippen LogP contribution >= 0.6 is 0 Å². The van der Waals surface area contributed by atoms with E-state index in [4.69, 9.17) is 5.11 Å². The lowest BCUT2D eigenvalue weighted by atomic mass is 10.1. The average molecular weight is 327 g/mol. The Labute approximate surface area is 129 Å². The lowest BCUT2D eigenvalue weighted by Gasteiger charge is -2.12. The Balaban J connectivity index is 2.37. The molecule has 2 rings (SSSR count). The number of nitrogens with one attached hydrogen (secondary N) is 1. The maximum Gasteiger partial charge on any atom is 0.422 e. The van der Waals surface area contributed by atoms with Crippen LogP contribution in [0.2, 0.25) is 0 Å². The molecule has 0 atom stereocenters. The highest BCUT2D eigenvalue weighted by Crippen LogP contribution is 2.27. The van der Waals surface area contributed by atoms with Gasteiger partial charge in [0.2, 0.25) is 5.88 Å². The van der Waals surface area contributed by atoms with Crippen LogP contribution in [0.1, 0.15) is 5.69 Å². The van der Waals surface area contributed by atoms with E-state index in [2.05, 4.69) is 20.0 Å². The highest BCUT2D eigenvalue weighted by molar-refractivity contribution is 5.89. The molecule has 0 spiro atoms. The number of alkyl halides is 3. The van der Waals surface area contributed by atoms with Crippen molar-refractivity contribution < 1.29 is 27.8 Å². The topological polar surface area (TPSA) is 84.3 Å². The third-order valence-corrected chi connectivity index (χ3v) is 2.62. The summed E-state index contributed by atoms with van der Waals surface area (Å²) in [6.45, 7) is 0.0940. The molecular weight excluding hydrogens is 315 g/mol. The van der Waals surface area contributed by atoms with E-state index < -0.39 is 18.9 Å². The molecule has 0 radical (unpaired) electrons. The number of hydrogen-bond donors (Lipinski definition) is 2. The number of halogens is 3. The summed E-state index contributed by atoms with van der Waals surface area (Å²) in [6.07, 6.45) is -5.76. The van der Waals surface area contributed by atoms with Gasteiger partial charge >= 0.3 is 12.3 Å². The summed E-state index contributed by atoms with van der Waals surface area (Å²) < 4.78 is 41.3. The minimum atomic E-state index is -4.48. The van der Waals surface area contributed by atoms with Crippen molar-refractivity contribution in [3.8, 4) is 17.3 Å². The zero-order valence-electron chi connectivity index (χ0n) is 11.9. The van der Waals surface area contributed by atoms with Gasteiger partial charge in [0, 0.05) is 17.3 Å². The van der Waals surface area contributed by atoms with E-state index in [0.717, 1.165) is 0 Å². The van der Waals surface area contributed by atoms with Crippen molar-refractivity contribution in [2.45, 2.75) is 13.1 Å². The maximum atomic E-state index is 12.2. The maximum absolute atomic E-state index is 12.2. The molecule has 0 unspecified atom stereocenters. The zero-order chi connectivity index (χ0) is 17.0. The molecule has 1 heterocycles. The van der Waals surface area contributed by atoms with E-state index in [0.29, 0.717) is 11.3 Å². The molecule has 1 aromatic carbocycles. The van der Waals surface area contributed by atoms with Gasteiger partial charge in [0.1, 0.15) is 0 Å². The highest BCUT2D eigenvalue weighted by atomic mass is 19.4. The number of ether oxygens (including phenoxy) is 1. The molecule has 122 valence electrons. The van der Waals surface area contributed by atoms with Crippen LogP contribution in [0.25, 0.3) is 11.4 Å². The summed E-state index contributed by atoms with van der Waals surface area (Å²) in [5.41, 5.74) is 0.931. The summed E-state index contributed by atoms with van der Waals surface area (Å²) in [6, 6.07) is 7.54. The van der Waals surface area contributed by atoms with Crippen LogP contribution in [0, 0.1) is 6.92 Å². The number of amides is 1. The SMILES string of the molecule is Cc1cc(OCC(F)(F)F)nc(-c2ccccc2NC(=O)O)n1. The van der Waals surface area contributed by atoms with E-state index in [1.54, 1.807) is 25.1 Å². The fourth-order valence-electron chi connectivity index (χ4n) is 1.79. The van der Waals surface area contributed by atoms with Crippen LogP contribution in [-0.4, -0.2) is 34.0 Å². The first-order valence-corrected chi connectivity index (χ1v) is 6.39. The molecule has 1 amide bonds. The third-order valence-electron chi connectivity index (χ3n) is 2.62. The van der Waals surface area contributed by atoms with Crippen LogP contribution in [0.5, 0.6) is 5.88 Å². The van der Waals surface area contributed by atoms with Gasteiger partial charge in [-0.25, -0.2) is 9.78 Å². The molecule has 0 aliphatic rings. The van der Waals surface area contributed by atoms with Crippen molar-refractivity contribution in [2.75, 3.05) is 11.9 Å². The number of rotatable bonds is 4. The first-order valence-electron chi connectivity index (χ1n) is 6.39. The molecule has 0 fully saturated rings. The molecule has 2 N–H and O–H groups in total. The smallest absolute Gasteiger partial charge is 0.422 e. The van der Waals surface area contributed by atoms with Crippen LogP contribution in [0.15, 0.2) is 30.3 Å². The number of hydrogen-bond acceptors (Lipinski definition) is 4. The Kier molecular flexibility index (Phi) is 4.68. The average Bonchev–Trinajstić information content (AvgIpc) is 2.44. The zero-order valence-corrected chi connectivity index (χ0v) is 11.9. The molecule has 0 saturated heterocycles. The van der Waals surface area contributed by atoms with Crippen molar-refractivity contribution in [3.05, 3.63) is 36.0 Å². The molecule has 6 nitrogen and oxygen atoms in total. The molecular formula is C14H12F3N3O3. The molecule has 0 saturated carbocycles. The molecule has 1 aromatic heterocycles. The van der Waals surface area contributed by atoms with Gasteiger partial charge in [-0.3, -0.25) is 5.32 Å². The van der Waals surface area contributed by atoms with Crippen molar-refractivity contribution in [1.82, 2.24) is 9.97 Å². The molecule has 0 aliphatic heterocycles. The van der Waals surface area contributed by atoms with Gasteiger partial charge < -0.3 is 9.84 Å². The predicted octanol–water partition coefficient (Wildman–Crippen LogP) is 3.48. The van der Waals surface area contributed by atoms with E-state index in [9.17, 15) is 18.0 Å². The van der Waals surface area contributed by atoms with Crippen LogP contribution in [0.4, 0.5) is 23.7 Å². The summed E-state index contributed by atoms with van der Waals surface area (Å²) in [5.74, 6) is -0.179. The Morgan fingerprint density at radius 1 is 1.30 bits per heavy atom. The molecule has 23 heavy (non-hydrogen) atoms. The van der Waals surface area contributed by atoms with Crippen molar-refractivity contribution in [2.24, 2.45) is 0 Å². The number of para-hydroxylation sites is 1. The quantitative estimate of drug-likeness (QED) is 0.898. The molecule has 0 aliphatic carbocycles. The Morgan fingerprint density at radius 2 is 2.00 bits per heavy atom. The summed E-state index contributed by atoms with van der Waals surface area (Å²) in [7, 11) is 0. The minimum Gasteiger partial charge on any atom is -0.468 e. The second-order valence-corrected chi connectivity index (χ2v) is 4.55. The normalized spacial score (nSPS) is 11.1. The molecule has 9 heteroatoms. The van der Waals surface area contributed by atoms with E-state index in [-0.39, 0.29) is 17.4 Å². The van der Waals surface area contributed by atoms with Gasteiger partial charge in [-0.15, -0.1) is 0 Å². The second kappa shape index (κ2) is 6.51. The largest absolute Gasteiger partial charge is 0.468 e. The standard InChI is InChI=1S/C14H12F3N3O3/c1-8-6-11(23-7-14(15,16)17)20-12(18-8)9-4-2-3-5-10(9)19-13(21)22/h2-6,19H,7H2,1H3,(H,21,22). The lowest BCUT2D eigenvalue weighted by molar-refractivity contribution is -0.154. The van der Waals surface area contributed by atoms with Crippen LogP contribution < -0.4 is 10.1 Å². The number of aryl methyl sites for hydroxylation is 1. The van der Waals surface area contributed by atoms with Crippen molar-refractivity contribution in [3.63, 3.8) is 0 Å². The van der Waals surface area contributed by atoms with Gasteiger partial charge in [-0.1, -0.05) is 12.1 Å². The van der Waals surface area contributed by atoms with Crippen LogP contribution in [-0.2, 0) is 0 Å². The second-order valence-electron chi connectivity index (χ2n) is 4.55. The minimum absolute atomic E-state index is 0.0616. The fraction of sp³-hybridized carbons (Fsp3) is 0.214. The van der Waals surface area contributed by atoms with Gasteiger partial charge in [-0.2, -0.15) is 18.2 Å². The summed E-state index contributed by atoms with van der Waals surface area (Å²) in [5, 5.41) is 11.0. The lowest BCUT2D eigenvalue weighted by Crippen LogP contribution is -2.20. The Bertz CT molecular complexity index is 720. The van der Waals surface area contributed by atoms with Crippen LogP contribution in [0.3, 0.4) is 0 Å². The number of nitrogens with zero attached hydrogens (tertiary/aromatic N) is 2. The number of anilines is 1. The Hall–Kier alpha value is -2.84. The molecule has 2 aromatic rings. The number of aromatic nitrogens is 2. The predicted molar refractivity (Wildman–Crippen MR) is 75.4 cm³/mol. The fourth-order valence-corrected chi connectivity index (χ4v) is 1.79. The van der Waals surface area contributed by atoms with Gasteiger partial charge in [0.25, 0.3) is 0 Å². The Morgan fingerprint density at radius 3 is 2.65 bits per heavy atom. The highest BCUT2D eigenvalue weighted by Gasteiger charge is 2.28. The number of carboxylic acid groups (broad SMARTS) is 1. The monoisotopic (exact) mass is 327 g/mol. The summed E-state index contributed by atoms with van der Waals surface area (Å²) >= 11 is 0. The van der Waals surface area contributed by atoms with Gasteiger partial charge in [0.15, 0.2) is 12.4 Å². The van der Waals surface area contributed by atoms with Gasteiger partial charge in [-0.05, 0) is 19.1 Å². The van der Waals surface area contributed by atoms with Crippen molar-refractivity contribution in [1.29, 1.82) is 0 Å². The molecule has 0 bridgehead atoms. The number of carbonyl (C=O) groups is 1.